The van der Waals surface area contributed by atoms with Gasteiger partial charge in [-0.05, 0) is 25.7 Å². The largest absolute Gasteiger partial charge is 0.392 e. The Balaban J connectivity index is 1.98. The molecule has 0 aromatic rings. The van der Waals surface area contributed by atoms with Gasteiger partial charge in [-0.25, -0.2) is 0 Å². The van der Waals surface area contributed by atoms with Crippen molar-refractivity contribution in [2.24, 2.45) is 5.92 Å². The molecule has 0 saturated carbocycles. The first kappa shape index (κ1) is 9.96. The van der Waals surface area contributed by atoms with Gasteiger partial charge in [-0.15, -0.1) is 0 Å². The topological polar surface area (TPSA) is 41.5 Å². The first-order chi connectivity index (χ1) is 5.79. The fraction of sp³-hybridized carbons (Fsp3) is 1.00. The van der Waals surface area contributed by atoms with Gasteiger partial charge in [0.25, 0.3) is 0 Å². The lowest BCUT2D eigenvalue weighted by Crippen LogP contribution is -2.33. The molecule has 3 nitrogen and oxygen atoms in total. The summed E-state index contributed by atoms with van der Waals surface area (Å²) in [5.41, 5.74) is 0. The lowest BCUT2D eigenvalue weighted by atomic mass is 10.0. The van der Waals surface area contributed by atoms with Crippen LogP contribution in [0.4, 0.5) is 0 Å². The van der Waals surface area contributed by atoms with Gasteiger partial charge in [0.2, 0.25) is 0 Å². The Morgan fingerprint density at radius 3 is 3.08 bits per heavy atom. The van der Waals surface area contributed by atoms with Crippen LogP contribution < -0.4 is 5.32 Å². The van der Waals surface area contributed by atoms with Crippen LogP contribution in [0.25, 0.3) is 0 Å². The quantitative estimate of drug-likeness (QED) is 0.646. The molecule has 1 heterocycles. The van der Waals surface area contributed by atoms with E-state index in [-0.39, 0.29) is 6.10 Å². The van der Waals surface area contributed by atoms with Crippen LogP contribution in [0.5, 0.6) is 0 Å². The van der Waals surface area contributed by atoms with Crippen LogP contribution in [0.15, 0.2) is 0 Å². The SMILES string of the molecule is C[C@@H](O)CNCC1CCCOC1. The summed E-state index contributed by atoms with van der Waals surface area (Å²) >= 11 is 0. The maximum Gasteiger partial charge on any atom is 0.0636 e. The molecular formula is C9H19NO2. The maximum absolute atomic E-state index is 8.99. The van der Waals surface area contributed by atoms with E-state index in [9.17, 15) is 0 Å². The molecule has 2 atom stereocenters. The first-order valence-electron chi connectivity index (χ1n) is 4.75. The van der Waals surface area contributed by atoms with Crippen molar-refractivity contribution < 1.29 is 9.84 Å². The van der Waals surface area contributed by atoms with Crippen LogP contribution in [0.3, 0.4) is 0 Å². The van der Waals surface area contributed by atoms with E-state index < -0.39 is 0 Å². The van der Waals surface area contributed by atoms with E-state index in [0.29, 0.717) is 12.5 Å². The zero-order valence-corrected chi connectivity index (χ0v) is 7.75. The number of rotatable bonds is 4. The van der Waals surface area contributed by atoms with Crippen molar-refractivity contribution >= 4 is 0 Å². The minimum Gasteiger partial charge on any atom is -0.392 e. The molecule has 0 aromatic carbocycles. The summed E-state index contributed by atoms with van der Waals surface area (Å²) in [5.74, 6) is 0.650. The van der Waals surface area contributed by atoms with E-state index in [0.717, 1.165) is 19.8 Å². The lowest BCUT2D eigenvalue weighted by molar-refractivity contribution is 0.0536. The molecule has 1 fully saturated rings. The van der Waals surface area contributed by atoms with Gasteiger partial charge in [-0.3, -0.25) is 0 Å². The second-order valence-electron chi connectivity index (χ2n) is 3.59. The first-order valence-corrected chi connectivity index (χ1v) is 4.75. The van der Waals surface area contributed by atoms with Crippen LogP contribution in [0.1, 0.15) is 19.8 Å². The maximum atomic E-state index is 8.99. The Hall–Kier alpha value is -0.120. The van der Waals surface area contributed by atoms with Gasteiger partial charge >= 0.3 is 0 Å². The van der Waals surface area contributed by atoms with Crippen molar-refractivity contribution in [3.8, 4) is 0 Å². The summed E-state index contributed by atoms with van der Waals surface area (Å²) in [5, 5.41) is 12.2. The standard InChI is InChI=1S/C9H19NO2/c1-8(11)5-10-6-9-3-2-4-12-7-9/h8-11H,2-7H2,1H3/t8-,9?/m1/s1. The molecule has 0 aromatic heterocycles. The zero-order valence-electron chi connectivity index (χ0n) is 7.75. The minimum absolute atomic E-state index is 0.241. The average Bonchev–Trinajstić information content (AvgIpc) is 2.05. The molecule has 1 unspecified atom stereocenters. The predicted molar refractivity (Wildman–Crippen MR) is 48.1 cm³/mol. The number of hydrogen-bond acceptors (Lipinski definition) is 3. The van der Waals surface area contributed by atoms with E-state index >= 15 is 0 Å². The smallest absolute Gasteiger partial charge is 0.0636 e. The van der Waals surface area contributed by atoms with Crippen molar-refractivity contribution in [1.82, 2.24) is 5.32 Å². The van der Waals surface area contributed by atoms with Gasteiger partial charge in [0.15, 0.2) is 0 Å². The van der Waals surface area contributed by atoms with E-state index in [1.54, 1.807) is 6.92 Å². The molecule has 0 amide bonds. The zero-order chi connectivity index (χ0) is 8.81. The minimum atomic E-state index is -0.241. The molecule has 3 heteroatoms. The van der Waals surface area contributed by atoms with Crippen molar-refractivity contribution in [2.75, 3.05) is 26.3 Å². The molecule has 2 N–H and O–H groups in total. The Morgan fingerprint density at radius 1 is 1.67 bits per heavy atom. The molecule has 1 rings (SSSR count). The average molecular weight is 173 g/mol. The summed E-state index contributed by atoms with van der Waals surface area (Å²) in [6, 6.07) is 0. The van der Waals surface area contributed by atoms with E-state index in [1.807, 2.05) is 0 Å². The highest BCUT2D eigenvalue weighted by atomic mass is 16.5. The summed E-state index contributed by atoms with van der Waals surface area (Å²) < 4.78 is 5.34. The third-order valence-electron chi connectivity index (χ3n) is 2.13. The molecule has 72 valence electrons. The molecule has 1 saturated heterocycles. The summed E-state index contributed by atoms with van der Waals surface area (Å²) in [6.45, 7) is 5.27. The van der Waals surface area contributed by atoms with Crippen LogP contribution in [0, 0.1) is 5.92 Å². The lowest BCUT2D eigenvalue weighted by Gasteiger charge is -2.22. The van der Waals surface area contributed by atoms with E-state index in [1.165, 1.54) is 12.8 Å². The van der Waals surface area contributed by atoms with Gasteiger partial charge in [0.05, 0.1) is 12.7 Å². The second-order valence-corrected chi connectivity index (χ2v) is 3.59. The molecule has 12 heavy (non-hydrogen) atoms. The van der Waals surface area contributed by atoms with Gasteiger partial charge in [-0.2, -0.15) is 0 Å². The van der Waals surface area contributed by atoms with Crippen molar-refractivity contribution in [3.05, 3.63) is 0 Å². The van der Waals surface area contributed by atoms with E-state index in [4.69, 9.17) is 9.84 Å². The van der Waals surface area contributed by atoms with Crippen molar-refractivity contribution in [1.29, 1.82) is 0 Å². The molecule has 0 radical (unpaired) electrons. The summed E-state index contributed by atoms with van der Waals surface area (Å²) in [7, 11) is 0. The van der Waals surface area contributed by atoms with Gasteiger partial charge in [-0.1, -0.05) is 0 Å². The van der Waals surface area contributed by atoms with Crippen LogP contribution in [-0.4, -0.2) is 37.5 Å². The highest BCUT2D eigenvalue weighted by Gasteiger charge is 2.12. The van der Waals surface area contributed by atoms with Crippen molar-refractivity contribution in [2.45, 2.75) is 25.9 Å². The van der Waals surface area contributed by atoms with Gasteiger partial charge < -0.3 is 15.2 Å². The normalized spacial score (nSPS) is 27.0. The van der Waals surface area contributed by atoms with Crippen LogP contribution >= 0.6 is 0 Å². The third-order valence-corrected chi connectivity index (χ3v) is 2.13. The molecule has 1 aliphatic heterocycles. The second kappa shape index (κ2) is 5.51. The molecular weight excluding hydrogens is 154 g/mol. The molecule has 0 bridgehead atoms. The van der Waals surface area contributed by atoms with Crippen LogP contribution in [0.2, 0.25) is 0 Å². The Bertz CT molecular complexity index is 111. The molecule has 0 spiro atoms. The fourth-order valence-electron chi connectivity index (χ4n) is 1.46. The summed E-state index contributed by atoms with van der Waals surface area (Å²) in [6.07, 6.45) is 2.20. The number of aliphatic hydroxyl groups is 1. The van der Waals surface area contributed by atoms with Crippen LogP contribution in [-0.2, 0) is 4.74 Å². The number of ether oxygens (including phenoxy) is 1. The van der Waals surface area contributed by atoms with Gasteiger partial charge in [0, 0.05) is 19.7 Å². The Kier molecular flexibility index (Phi) is 4.58. The van der Waals surface area contributed by atoms with Crippen molar-refractivity contribution in [3.63, 3.8) is 0 Å². The molecule has 1 aliphatic rings. The predicted octanol–water partition coefficient (Wildman–Crippen LogP) is 0.383. The number of hydrogen-bond donors (Lipinski definition) is 2. The number of nitrogens with one attached hydrogen (secondary N) is 1. The Morgan fingerprint density at radius 2 is 2.50 bits per heavy atom. The fourth-order valence-corrected chi connectivity index (χ4v) is 1.46. The highest BCUT2D eigenvalue weighted by Crippen LogP contribution is 2.11. The van der Waals surface area contributed by atoms with E-state index in [2.05, 4.69) is 5.32 Å². The van der Waals surface area contributed by atoms with Gasteiger partial charge in [0.1, 0.15) is 0 Å². The monoisotopic (exact) mass is 173 g/mol. The highest BCUT2D eigenvalue weighted by molar-refractivity contribution is 4.66. The third kappa shape index (κ3) is 4.04. The number of aliphatic hydroxyl groups excluding tert-OH is 1. The summed E-state index contributed by atoms with van der Waals surface area (Å²) in [4.78, 5) is 0. The Labute approximate surface area is 74.1 Å². The molecule has 0 aliphatic carbocycles.